The molecule has 0 radical (unpaired) electrons. The Morgan fingerprint density at radius 1 is 1.50 bits per heavy atom. The number of aromatic nitrogens is 1. The van der Waals surface area contributed by atoms with Crippen molar-refractivity contribution in [2.24, 2.45) is 5.92 Å². The first-order valence-corrected chi connectivity index (χ1v) is 5.91. The van der Waals surface area contributed by atoms with Crippen molar-refractivity contribution in [1.29, 1.82) is 0 Å². The lowest BCUT2D eigenvalue weighted by Gasteiger charge is -2.18. The summed E-state index contributed by atoms with van der Waals surface area (Å²) in [7, 11) is 0. The molecule has 1 aromatic heterocycles. The minimum absolute atomic E-state index is 0.0326. The fourth-order valence-electron chi connectivity index (χ4n) is 1.41. The highest BCUT2D eigenvalue weighted by Gasteiger charge is 2.15. The van der Waals surface area contributed by atoms with Gasteiger partial charge in [0.25, 0.3) is 0 Å². The summed E-state index contributed by atoms with van der Waals surface area (Å²) in [5.74, 6) is 0.878. The Morgan fingerprint density at radius 3 is 2.61 bits per heavy atom. The number of anilines is 1. The van der Waals surface area contributed by atoms with Gasteiger partial charge in [0.05, 0.1) is 0 Å². The van der Waals surface area contributed by atoms with Crippen LogP contribution >= 0.6 is 0 Å². The maximum atomic E-state index is 11.5. The maximum absolute atomic E-state index is 11.5. The molecule has 6 nitrogen and oxygen atoms in total. The zero-order valence-corrected chi connectivity index (χ0v) is 11.2. The molecule has 0 aliphatic heterocycles. The molecule has 6 heteroatoms. The van der Waals surface area contributed by atoms with Crippen LogP contribution in [0.3, 0.4) is 0 Å². The van der Waals surface area contributed by atoms with Crippen LogP contribution in [-0.2, 0) is 9.59 Å². The van der Waals surface area contributed by atoms with Gasteiger partial charge < -0.3 is 9.84 Å². The number of nitrogens with one attached hydrogen (secondary N) is 1. The number of carbonyl (C=O) groups is 2. The number of amides is 2. The van der Waals surface area contributed by atoms with Gasteiger partial charge in [0.15, 0.2) is 5.82 Å². The fourth-order valence-corrected chi connectivity index (χ4v) is 1.41. The molecule has 0 aliphatic rings. The number of hydrogen-bond acceptors (Lipinski definition) is 4. The quantitative estimate of drug-likeness (QED) is 0.852. The molecule has 0 atom stereocenters. The molecule has 0 unspecified atom stereocenters. The van der Waals surface area contributed by atoms with Crippen molar-refractivity contribution in [3.05, 3.63) is 11.8 Å². The van der Waals surface area contributed by atoms with Crippen molar-refractivity contribution in [2.75, 3.05) is 18.0 Å². The Morgan fingerprint density at radius 2 is 2.17 bits per heavy atom. The highest BCUT2D eigenvalue weighted by Crippen LogP contribution is 2.13. The SMILES string of the molecule is CC(=O)N(CCNC(=O)C(C)C)c1cc(C)on1. The molecular formula is C12H19N3O3. The van der Waals surface area contributed by atoms with Crippen LogP contribution in [0.2, 0.25) is 0 Å². The van der Waals surface area contributed by atoms with Crippen LogP contribution in [0.25, 0.3) is 0 Å². The third-order valence-corrected chi connectivity index (χ3v) is 2.43. The van der Waals surface area contributed by atoms with Gasteiger partial charge in [-0.1, -0.05) is 19.0 Å². The van der Waals surface area contributed by atoms with Crippen LogP contribution in [-0.4, -0.2) is 30.1 Å². The number of rotatable bonds is 5. The molecule has 1 heterocycles. The normalized spacial score (nSPS) is 10.5. The molecule has 0 bridgehead atoms. The second-order valence-corrected chi connectivity index (χ2v) is 4.41. The average molecular weight is 253 g/mol. The summed E-state index contributed by atoms with van der Waals surface area (Å²) in [5, 5.41) is 6.54. The number of hydrogen-bond donors (Lipinski definition) is 1. The Kier molecular flexibility index (Phi) is 4.88. The van der Waals surface area contributed by atoms with E-state index in [-0.39, 0.29) is 17.7 Å². The molecule has 1 N–H and O–H groups in total. The summed E-state index contributed by atoms with van der Waals surface area (Å²) in [6, 6.07) is 1.69. The smallest absolute Gasteiger partial charge is 0.225 e. The van der Waals surface area contributed by atoms with Crippen molar-refractivity contribution in [1.82, 2.24) is 10.5 Å². The van der Waals surface area contributed by atoms with Gasteiger partial charge in [-0.3, -0.25) is 14.5 Å². The molecule has 1 rings (SSSR count). The molecule has 1 aromatic rings. The van der Waals surface area contributed by atoms with Crippen LogP contribution in [0.1, 0.15) is 26.5 Å². The number of carbonyl (C=O) groups excluding carboxylic acids is 2. The van der Waals surface area contributed by atoms with Gasteiger partial charge in [0.1, 0.15) is 5.76 Å². The third-order valence-electron chi connectivity index (χ3n) is 2.43. The van der Waals surface area contributed by atoms with Gasteiger partial charge in [-0.2, -0.15) is 0 Å². The van der Waals surface area contributed by atoms with Gasteiger partial charge in [0, 0.05) is 32.0 Å². The van der Waals surface area contributed by atoms with E-state index in [1.807, 2.05) is 13.8 Å². The zero-order chi connectivity index (χ0) is 13.7. The van der Waals surface area contributed by atoms with E-state index >= 15 is 0 Å². The van der Waals surface area contributed by atoms with Crippen molar-refractivity contribution in [3.8, 4) is 0 Å². The van der Waals surface area contributed by atoms with Gasteiger partial charge in [-0.15, -0.1) is 0 Å². The van der Waals surface area contributed by atoms with E-state index in [0.29, 0.717) is 24.7 Å². The monoisotopic (exact) mass is 253 g/mol. The van der Waals surface area contributed by atoms with E-state index in [1.54, 1.807) is 13.0 Å². The summed E-state index contributed by atoms with van der Waals surface area (Å²) in [5.41, 5.74) is 0. The topological polar surface area (TPSA) is 75.4 Å². The Labute approximate surface area is 106 Å². The summed E-state index contributed by atoms with van der Waals surface area (Å²) >= 11 is 0. The van der Waals surface area contributed by atoms with Gasteiger partial charge in [0.2, 0.25) is 11.8 Å². The zero-order valence-electron chi connectivity index (χ0n) is 11.2. The molecular weight excluding hydrogens is 234 g/mol. The van der Waals surface area contributed by atoms with E-state index in [2.05, 4.69) is 10.5 Å². The van der Waals surface area contributed by atoms with Crippen molar-refractivity contribution < 1.29 is 14.1 Å². The fraction of sp³-hybridized carbons (Fsp3) is 0.583. The molecule has 0 aliphatic carbocycles. The number of aryl methyl sites for hydroxylation is 1. The molecule has 100 valence electrons. The molecule has 2 amide bonds. The Balaban J connectivity index is 2.55. The number of nitrogens with zero attached hydrogens (tertiary/aromatic N) is 2. The van der Waals surface area contributed by atoms with Crippen LogP contribution in [0.4, 0.5) is 5.82 Å². The van der Waals surface area contributed by atoms with Crippen LogP contribution in [0, 0.1) is 12.8 Å². The van der Waals surface area contributed by atoms with E-state index in [9.17, 15) is 9.59 Å². The molecule has 0 aromatic carbocycles. The summed E-state index contributed by atoms with van der Waals surface area (Å²) in [6.45, 7) is 7.62. The van der Waals surface area contributed by atoms with Gasteiger partial charge >= 0.3 is 0 Å². The van der Waals surface area contributed by atoms with E-state index in [0.717, 1.165) is 0 Å². The van der Waals surface area contributed by atoms with Crippen molar-refractivity contribution in [2.45, 2.75) is 27.7 Å². The standard InChI is InChI=1S/C12H19N3O3/c1-8(2)12(17)13-5-6-15(10(4)16)11-7-9(3)18-14-11/h7-8H,5-6H2,1-4H3,(H,13,17). The Hall–Kier alpha value is -1.85. The molecule has 0 saturated carbocycles. The molecule has 18 heavy (non-hydrogen) atoms. The maximum Gasteiger partial charge on any atom is 0.225 e. The average Bonchev–Trinajstić information content (AvgIpc) is 2.69. The summed E-state index contributed by atoms with van der Waals surface area (Å²) in [6.07, 6.45) is 0. The first kappa shape index (κ1) is 14.2. The lowest BCUT2D eigenvalue weighted by atomic mass is 10.2. The molecule has 0 fully saturated rings. The van der Waals surface area contributed by atoms with Gasteiger partial charge in [-0.05, 0) is 6.92 Å². The Bertz CT molecular complexity index is 426. The van der Waals surface area contributed by atoms with Crippen LogP contribution in [0.15, 0.2) is 10.6 Å². The summed E-state index contributed by atoms with van der Waals surface area (Å²) < 4.78 is 4.93. The third kappa shape index (κ3) is 3.87. The molecule has 0 spiro atoms. The lowest BCUT2D eigenvalue weighted by molar-refractivity contribution is -0.124. The van der Waals surface area contributed by atoms with E-state index < -0.39 is 0 Å². The van der Waals surface area contributed by atoms with E-state index in [4.69, 9.17) is 4.52 Å². The minimum Gasteiger partial charge on any atom is -0.360 e. The lowest BCUT2D eigenvalue weighted by Crippen LogP contribution is -2.38. The predicted molar refractivity (Wildman–Crippen MR) is 67.1 cm³/mol. The van der Waals surface area contributed by atoms with Crippen LogP contribution in [0.5, 0.6) is 0 Å². The summed E-state index contributed by atoms with van der Waals surface area (Å²) in [4.78, 5) is 24.4. The highest BCUT2D eigenvalue weighted by molar-refractivity contribution is 5.90. The van der Waals surface area contributed by atoms with E-state index in [1.165, 1.54) is 11.8 Å². The largest absolute Gasteiger partial charge is 0.360 e. The first-order chi connectivity index (χ1) is 8.41. The second-order valence-electron chi connectivity index (χ2n) is 4.41. The van der Waals surface area contributed by atoms with Crippen molar-refractivity contribution in [3.63, 3.8) is 0 Å². The highest BCUT2D eigenvalue weighted by atomic mass is 16.5. The van der Waals surface area contributed by atoms with Crippen molar-refractivity contribution >= 4 is 17.6 Å². The second kappa shape index (κ2) is 6.18. The first-order valence-electron chi connectivity index (χ1n) is 5.91. The van der Waals surface area contributed by atoms with Gasteiger partial charge in [-0.25, -0.2) is 0 Å². The van der Waals surface area contributed by atoms with Crippen LogP contribution < -0.4 is 10.2 Å². The predicted octanol–water partition coefficient (Wildman–Crippen LogP) is 1.11. The minimum atomic E-state index is -0.137. The molecule has 0 saturated heterocycles.